The molecule has 0 unspecified atom stereocenters. The van der Waals surface area contributed by atoms with Crippen molar-refractivity contribution in [3.63, 3.8) is 0 Å². The Hall–Kier alpha value is -2.42. The van der Waals surface area contributed by atoms with Gasteiger partial charge in [-0.2, -0.15) is 0 Å². The summed E-state index contributed by atoms with van der Waals surface area (Å²) in [4.78, 5) is 20.8. The molecule has 2 aromatic carbocycles. The molecule has 3 nitrogen and oxygen atoms in total. The first kappa shape index (κ1) is 21.8. The van der Waals surface area contributed by atoms with E-state index in [0.717, 1.165) is 44.2 Å². The molecule has 2 aromatic rings. The van der Waals surface area contributed by atoms with Gasteiger partial charge in [0.1, 0.15) is 11.4 Å². The molecule has 0 atom stereocenters. The van der Waals surface area contributed by atoms with Crippen molar-refractivity contribution in [1.82, 2.24) is 4.90 Å². The second-order valence-electron chi connectivity index (χ2n) is 10.5. The van der Waals surface area contributed by atoms with E-state index >= 15 is 0 Å². The highest BCUT2D eigenvalue weighted by Crippen LogP contribution is 2.46. The van der Waals surface area contributed by atoms with Crippen LogP contribution in [0.4, 0.5) is 0 Å². The van der Waals surface area contributed by atoms with Gasteiger partial charge in [-0.15, -0.1) is 0 Å². The number of hydrogen-bond acceptors (Lipinski definition) is 2. The number of carbonyl (C=O) groups is 1. The van der Waals surface area contributed by atoms with Crippen LogP contribution >= 0.6 is 0 Å². The Bertz CT molecular complexity index is 929. The Balaban J connectivity index is 1.56. The fourth-order valence-corrected chi connectivity index (χ4v) is 5.20. The molecule has 0 radical (unpaired) electrons. The van der Waals surface area contributed by atoms with Crippen LogP contribution in [0.2, 0.25) is 0 Å². The molecule has 1 saturated carbocycles. The number of rotatable bonds is 5. The van der Waals surface area contributed by atoms with Crippen molar-refractivity contribution < 1.29 is 4.79 Å². The molecule has 0 bridgehead atoms. The maximum absolute atomic E-state index is 13.5. The zero-order chi connectivity index (χ0) is 22.1. The molecule has 1 heterocycles. The Morgan fingerprint density at radius 2 is 1.58 bits per heavy atom. The molecule has 1 fully saturated rings. The molecule has 1 aliphatic heterocycles. The molecular weight excluding hydrogens is 380 g/mol. The fourth-order valence-electron chi connectivity index (χ4n) is 5.20. The molecule has 31 heavy (non-hydrogen) atoms. The van der Waals surface area contributed by atoms with E-state index in [-0.39, 0.29) is 11.6 Å². The zero-order valence-corrected chi connectivity index (χ0v) is 19.5. The second kappa shape index (κ2) is 8.61. The van der Waals surface area contributed by atoms with Crippen molar-refractivity contribution in [3.8, 4) is 0 Å². The third kappa shape index (κ3) is 4.76. The summed E-state index contributed by atoms with van der Waals surface area (Å²) >= 11 is 0. The van der Waals surface area contributed by atoms with Gasteiger partial charge in [-0.05, 0) is 67.9 Å². The summed E-state index contributed by atoms with van der Waals surface area (Å²) in [7, 11) is 0. The van der Waals surface area contributed by atoms with Crippen LogP contribution < -0.4 is 0 Å². The monoisotopic (exact) mass is 416 g/mol. The van der Waals surface area contributed by atoms with E-state index in [1.807, 2.05) is 6.07 Å². The first-order chi connectivity index (χ1) is 14.8. The minimum Gasteiger partial charge on any atom is -0.308 e. The van der Waals surface area contributed by atoms with Gasteiger partial charge in [-0.1, -0.05) is 80.9 Å². The lowest BCUT2D eigenvalue weighted by Crippen LogP contribution is -2.49. The Labute approximate surface area is 187 Å². The molecule has 1 spiro atoms. The smallest absolute Gasteiger partial charge is 0.270 e. The number of benzene rings is 2. The van der Waals surface area contributed by atoms with Crippen LogP contribution in [0.1, 0.15) is 69.6 Å². The number of aryl methyl sites for hydroxylation is 2. The van der Waals surface area contributed by atoms with Crippen LogP contribution in [0, 0.1) is 18.3 Å². The molecular formula is C28H36N2O. The minimum absolute atomic E-state index is 0.144. The molecule has 0 aromatic heterocycles. The quantitative estimate of drug-likeness (QED) is 0.559. The maximum atomic E-state index is 13.5. The van der Waals surface area contributed by atoms with Crippen molar-refractivity contribution in [2.24, 2.45) is 16.3 Å². The lowest BCUT2D eigenvalue weighted by atomic mass is 9.69. The number of hydrogen-bond donors (Lipinski definition) is 0. The zero-order valence-electron chi connectivity index (χ0n) is 19.5. The summed E-state index contributed by atoms with van der Waals surface area (Å²) in [5, 5.41) is 0. The van der Waals surface area contributed by atoms with E-state index in [9.17, 15) is 4.79 Å². The first-order valence-electron chi connectivity index (χ1n) is 11.8. The van der Waals surface area contributed by atoms with Crippen molar-refractivity contribution in [1.29, 1.82) is 0 Å². The average molecular weight is 417 g/mol. The highest BCUT2D eigenvalue weighted by atomic mass is 16.2. The van der Waals surface area contributed by atoms with Crippen molar-refractivity contribution in [2.75, 3.05) is 0 Å². The molecule has 164 valence electrons. The van der Waals surface area contributed by atoms with E-state index in [0.29, 0.717) is 17.9 Å². The Morgan fingerprint density at radius 1 is 0.935 bits per heavy atom. The van der Waals surface area contributed by atoms with Gasteiger partial charge < -0.3 is 4.90 Å². The van der Waals surface area contributed by atoms with Gasteiger partial charge >= 0.3 is 0 Å². The predicted octanol–water partition coefficient (Wildman–Crippen LogP) is 6.34. The highest BCUT2D eigenvalue weighted by Gasteiger charge is 2.49. The summed E-state index contributed by atoms with van der Waals surface area (Å²) in [5.74, 6) is 0.837. The Kier molecular flexibility index (Phi) is 6.05. The third-order valence-electron chi connectivity index (χ3n) is 7.30. The van der Waals surface area contributed by atoms with Crippen molar-refractivity contribution in [3.05, 3.63) is 71.3 Å². The molecule has 1 amide bonds. The fraction of sp³-hybridized carbons (Fsp3) is 0.500. The Morgan fingerprint density at radius 3 is 2.19 bits per heavy atom. The number of carbonyl (C=O) groups excluding carboxylic acids is 1. The molecule has 3 heteroatoms. The van der Waals surface area contributed by atoms with Crippen LogP contribution in [-0.4, -0.2) is 22.2 Å². The van der Waals surface area contributed by atoms with Gasteiger partial charge in [0.2, 0.25) is 0 Å². The largest absolute Gasteiger partial charge is 0.308 e. The van der Waals surface area contributed by atoms with Crippen molar-refractivity contribution in [2.45, 2.75) is 78.4 Å². The lowest BCUT2D eigenvalue weighted by Gasteiger charge is -2.45. The number of nitrogens with zero attached hydrogens (tertiary/aromatic N) is 2. The molecule has 0 N–H and O–H groups in total. The molecule has 1 aliphatic carbocycles. The SMILES string of the molecule is Cc1ccc(CN2C(=O)C(CCc3ccccc3)=NC23CCC(C(C)(C)C)CC3)cc1. The summed E-state index contributed by atoms with van der Waals surface area (Å²) < 4.78 is 0. The predicted molar refractivity (Wildman–Crippen MR) is 128 cm³/mol. The van der Waals surface area contributed by atoms with E-state index in [1.54, 1.807) is 0 Å². The minimum atomic E-state index is -0.351. The van der Waals surface area contributed by atoms with Gasteiger partial charge in [0.25, 0.3) is 5.91 Å². The van der Waals surface area contributed by atoms with Gasteiger partial charge in [0, 0.05) is 6.54 Å². The maximum Gasteiger partial charge on any atom is 0.270 e. The van der Waals surface area contributed by atoms with Crippen LogP contribution in [0.15, 0.2) is 59.6 Å². The first-order valence-corrected chi connectivity index (χ1v) is 11.8. The summed E-state index contributed by atoms with van der Waals surface area (Å²) in [5.41, 5.74) is 4.43. The standard InChI is InChI=1S/C28H36N2O/c1-21-10-12-23(13-11-21)20-30-26(31)25(15-14-22-8-6-5-7-9-22)29-28(30)18-16-24(17-19-28)27(2,3)4/h5-13,24H,14-20H2,1-4H3. The van der Waals surface area contributed by atoms with Gasteiger partial charge in [0.15, 0.2) is 0 Å². The number of aliphatic imine (C=N–C) groups is 1. The molecule has 0 saturated heterocycles. The summed E-state index contributed by atoms with van der Waals surface area (Å²) in [6.45, 7) is 9.78. The van der Waals surface area contributed by atoms with Gasteiger partial charge in [0.05, 0.1) is 0 Å². The normalized spacial score (nSPS) is 24.0. The summed E-state index contributed by atoms with van der Waals surface area (Å²) in [6, 6.07) is 19.0. The van der Waals surface area contributed by atoms with E-state index in [4.69, 9.17) is 4.99 Å². The van der Waals surface area contributed by atoms with Crippen LogP contribution in [0.5, 0.6) is 0 Å². The molecule has 2 aliphatic rings. The third-order valence-corrected chi connectivity index (χ3v) is 7.30. The van der Waals surface area contributed by atoms with Gasteiger partial charge in [-0.25, -0.2) is 0 Å². The van der Waals surface area contributed by atoms with Crippen LogP contribution in [0.3, 0.4) is 0 Å². The topological polar surface area (TPSA) is 32.7 Å². The highest BCUT2D eigenvalue weighted by molar-refractivity contribution is 6.40. The second-order valence-corrected chi connectivity index (χ2v) is 10.5. The van der Waals surface area contributed by atoms with E-state index in [1.165, 1.54) is 16.7 Å². The van der Waals surface area contributed by atoms with Crippen molar-refractivity contribution >= 4 is 11.6 Å². The van der Waals surface area contributed by atoms with Gasteiger partial charge in [-0.3, -0.25) is 9.79 Å². The average Bonchev–Trinajstić information content (AvgIpc) is 2.99. The van der Waals surface area contributed by atoms with E-state index < -0.39 is 0 Å². The summed E-state index contributed by atoms with van der Waals surface area (Å²) in [6.07, 6.45) is 5.80. The van der Waals surface area contributed by atoms with Crippen LogP contribution in [-0.2, 0) is 17.8 Å². The number of amides is 1. The van der Waals surface area contributed by atoms with Crippen LogP contribution in [0.25, 0.3) is 0 Å². The lowest BCUT2D eigenvalue weighted by molar-refractivity contribution is -0.130. The molecule has 4 rings (SSSR count). The van der Waals surface area contributed by atoms with E-state index in [2.05, 4.69) is 81.1 Å².